The van der Waals surface area contributed by atoms with E-state index in [9.17, 15) is 8.78 Å². The highest BCUT2D eigenvalue weighted by molar-refractivity contribution is 4.65. The van der Waals surface area contributed by atoms with E-state index in [2.05, 4.69) is 4.90 Å². The minimum atomic E-state index is -2.69. The van der Waals surface area contributed by atoms with Crippen LogP contribution in [0.2, 0.25) is 0 Å². The predicted octanol–water partition coefficient (Wildman–Crippen LogP) is 5.66. The van der Waals surface area contributed by atoms with Crippen molar-refractivity contribution in [3.8, 4) is 0 Å². The second kappa shape index (κ2) is 13.1. The van der Waals surface area contributed by atoms with Gasteiger partial charge in [-0.05, 0) is 45.3 Å². The van der Waals surface area contributed by atoms with Gasteiger partial charge >= 0.3 is 0 Å². The van der Waals surface area contributed by atoms with E-state index in [1.54, 1.807) is 0 Å². The molecular weight excluding hydrogens is 296 g/mol. The average Bonchev–Trinajstić information content (AvgIpc) is 3.00. The highest BCUT2D eigenvalue weighted by atomic mass is 19.3. The standard InChI is InChI=1S/C19H37F2NO/c1-19(20,21)18-23-17-13-9-7-5-3-2-4-6-8-10-14-22-15-11-12-16-22/h2-18H2,1H3. The van der Waals surface area contributed by atoms with Gasteiger partial charge in [-0.2, -0.15) is 0 Å². The molecule has 138 valence electrons. The first-order valence-corrected chi connectivity index (χ1v) is 9.76. The molecule has 0 aromatic rings. The van der Waals surface area contributed by atoms with Crippen molar-refractivity contribution >= 4 is 0 Å². The lowest BCUT2D eigenvalue weighted by atomic mass is 10.1. The maximum absolute atomic E-state index is 12.5. The van der Waals surface area contributed by atoms with Gasteiger partial charge in [0.2, 0.25) is 0 Å². The first-order chi connectivity index (χ1) is 11.1. The fourth-order valence-corrected chi connectivity index (χ4v) is 3.21. The number of alkyl halides is 2. The van der Waals surface area contributed by atoms with Gasteiger partial charge in [0.25, 0.3) is 5.92 Å². The molecule has 0 bridgehead atoms. The molecule has 0 N–H and O–H groups in total. The lowest BCUT2D eigenvalue weighted by Gasteiger charge is -2.13. The Kier molecular flexibility index (Phi) is 11.9. The van der Waals surface area contributed by atoms with Crippen molar-refractivity contribution in [2.75, 3.05) is 32.8 Å². The summed E-state index contributed by atoms with van der Waals surface area (Å²) in [7, 11) is 0. The average molecular weight is 334 g/mol. The number of hydrogen-bond donors (Lipinski definition) is 0. The van der Waals surface area contributed by atoms with Gasteiger partial charge < -0.3 is 9.64 Å². The van der Waals surface area contributed by atoms with Crippen LogP contribution in [-0.2, 0) is 4.74 Å². The van der Waals surface area contributed by atoms with Crippen LogP contribution in [0.4, 0.5) is 8.78 Å². The summed E-state index contributed by atoms with van der Waals surface area (Å²) in [6, 6.07) is 0. The van der Waals surface area contributed by atoms with Crippen LogP contribution in [0.25, 0.3) is 0 Å². The summed E-state index contributed by atoms with van der Waals surface area (Å²) >= 11 is 0. The highest BCUT2D eigenvalue weighted by Gasteiger charge is 2.20. The summed E-state index contributed by atoms with van der Waals surface area (Å²) in [5.74, 6) is -2.69. The summed E-state index contributed by atoms with van der Waals surface area (Å²) in [4.78, 5) is 2.60. The Morgan fingerprint density at radius 1 is 0.783 bits per heavy atom. The number of nitrogens with zero attached hydrogens (tertiary/aromatic N) is 1. The summed E-state index contributed by atoms with van der Waals surface area (Å²) in [6.45, 7) is 4.90. The van der Waals surface area contributed by atoms with Gasteiger partial charge in [-0.1, -0.05) is 51.4 Å². The molecule has 0 unspecified atom stereocenters. The first-order valence-electron chi connectivity index (χ1n) is 9.76. The second-order valence-corrected chi connectivity index (χ2v) is 7.21. The number of rotatable bonds is 15. The Morgan fingerprint density at radius 2 is 1.26 bits per heavy atom. The van der Waals surface area contributed by atoms with Crippen molar-refractivity contribution in [1.29, 1.82) is 0 Å². The summed E-state index contributed by atoms with van der Waals surface area (Å²) < 4.78 is 30.0. The largest absolute Gasteiger partial charge is 0.375 e. The molecule has 1 rings (SSSR count). The summed E-state index contributed by atoms with van der Waals surface area (Å²) in [5.41, 5.74) is 0. The summed E-state index contributed by atoms with van der Waals surface area (Å²) in [6.07, 6.45) is 15.5. The molecule has 0 spiro atoms. The quantitative estimate of drug-likeness (QED) is 0.359. The van der Waals surface area contributed by atoms with E-state index >= 15 is 0 Å². The molecule has 0 aromatic heterocycles. The van der Waals surface area contributed by atoms with Gasteiger partial charge in [0.15, 0.2) is 0 Å². The molecule has 0 atom stereocenters. The molecule has 2 nitrogen and oxygen atoms in total. The zero-order valence-electron chi connectivity index (χ0n) is 15.1. The number of hydrogen-bond acceptors (Lipinski definition) is 2. The van der Waals surface area contributed by atoms with Crippen LogP contribution in [0.3, 0.4) is 0 Å². The van der Waals surface area contributed by atoms with Crippen LogP contribution in [0.1, 0.15) is 84.0 Å². The molecule has 1 aliphatic heterocycles. The molecule has 1 heterocycles. The van der Waals surface area contributed by atoms with Gasteiger partial charge in [-0.25, -0.2) is 8.78 Å². The lowest BCUT2D eigenvalue weighted by Crippen LogP contribution is -2.20. The lowest BCUT2D eigenvalue weighted by molar-refractivity contribution is -0.0629. The van der Waals surface area contributed by atoms with Crippen LogP contribution < -0.4 is 0 Å². The van der Waals surface area contributed by atoms with Gasteiger partial charge in [0.1, 0.15) is 6.61 Å². The molecule has 4 heteroatoms. The third kappa shape index (κ3) is 13.9. The van der Waals surface area contributed by atoms with Crippen LogP contribution in [0.15, 0.2) is 0 Å². The minimum absolute atomic E-state index is 0.440. The fraction of sp³-hybridized carbons (Fsp3) is 1.00. The molecule has 23 heavy (non-hydrogen) atoms. The van der Waals surface area contributed by atoms with E-state index in [0.29, 0.717) is 6.61 Å². The molecule has 1 fully saturated rings. The van der Waals surface area contributed by atoms with Crippen molar-refractivity contribution < 1.29 is 13.5 Å². The summed E-state index contributed by atoms with van der Waals surface area (Å²) in [5, 5.41) is 0. The number of halogens is 2. The minimum Gasteiger partial charge on any atom is -0.375 e. The smallest absolute Gasteiger partial charge is 0.268 e. The Labute approximate surface area is 142 Å². The van der Waals surface area contributed by atoms with Crippen LogP contribution in [0, 0.1) is 0 Å². The van der Waals surface area contributed by atoms with Crippen LogP contribution in [0.5, 0.6) is 0 Å². The van der Waals surface area contributed by atoms with E-state index < -0.39 is 12.5 Å². The van der Waals surface area contributed by atoms with Crippen molar-refractivity contribution in [3.63, 3.8) is 0 Å². The third-order valence-electron chi connectivity index (χ3n) is 4.57. The molecular formula is C19H37F2NO. The highest BCUT2D eigenvalue weighted by Crippen LogP contribution is 2.14. The Balaban J connectivity index is 1.68. The maximum atomic E-state index is 12.5. The van der Waals surface area contributed by atoms with Gasteiger partial charge in [0, 0.05) is 13.5 Å². The molecule has 0 saturated carbocycles. The third-order valence-corrected chi connectivity index (χ3v) is 4.57. The van der Waals surface area contributed by atoms with E-state index in [1.165, 1.54) is 83.8 Å². The molecule has 0 radical (unpaired) electrons. The topological polar surface area (TPSA) is 12.5 Å². The van der Waals surface area contributed by atoms with Crippen molar-refractivity contribution in [1.82, 2.24) is 4.90 Å². The first kappa shape index (κ1) is 20.8. The van der Waals surface area contributed by atoms with E-state index in [4.69, 9.17) is 4.74 Å². The predicted molar refractivity (Wildman–Crippen MR) is 93.3 cm³/mol. The van der Waals surface area contributed by atoms with Crippen LogP contribution >= 0.6 is 0 Å². The van der Waals surface area contributed by atoms with Gasteiger partial charge in [-0.3, -0.25) is 0 Å². The molecule has 0 aromatic carbocycles. The Bertz CT molecular complexity index is 263. The van der Waals surface area contributed by atoms with Crippen molar-refractivity contribution in [2.24, 2.45) is 0 Å². The molecule has 0 aliphatic carbocycles. The molecule has 0 amide bonds. The second-order valence-electron chi connectivity index (χ2n) is 7.21. The zero-order chi connectivity index (χ0) is 16.8. The molecule has 1 aliphatic rings. The van der Waals surface area contributed by atoms with E-state index in [0.717, 1.165) is 19.8 Å². The zero-order valence-corrected chi connectivity index (χ0v) is 15.1. The van der Waals surface area contributed by atoms with Crippen LogP contribution in [-0.4, -0.2) is 43.7 Å². The SMILES string of the molecule is CC(F)(F)COCCCCCCCCCCCCN1CCCC1. The molecule has 1 saturated heterocycles. The Morgan fingerprint density at radius 3 is 1.78 bits per heavy atom. The Hall–Kier alpha value is -0.220. The fourth-order valence-electron chi connectivity index (χ4n) is 3.21. The van der Waals surface area contributed by atoms with Crippen molar-refractivity contribution in [2.45, 2.75) is 89.9 Å². The monoisotopic (exact) mass is 333 g/mol. The normalized spacial score (nSPS) is 16.3. The maximum Gasteiger partial charge on any atom is 0.268 e. The van der Waals surface area contributed by atoms with Gasteiger partial charge in [-0.15, -0.1) is 0 Å². The number of ether oxygens (including phenoxy) is 1. The van der Waals surface area contributed by atoms with Gasteiger partial charge in [0.05, 0.1) is 0 Å². The number of likely N-dealkylation sites (tertiary alicyclic amines) is 1. The van der Waals surface area contributed by atoms with E-state index in [-0.39, 0.29) is 0 Å². The van der Waals surface area contributed by atoms with Crippen molar-refractivity contribution in [3.05, 3.63) is 0 Å². The number of unbranched alkanes of at least 4 members (excludes halogenated alkanes) is 9. The van der Waals surface area contributed by atoms with E-state index in [1.807, 2.05) is 0 Å².